The number of hydrogen-bond acceptors (Lipinski definition) is 2. The summed E-state index contributed by atoms with van der Waals surface area (Å²) < 4.78 is 35.3. The summed E-state index contributed by atoms with van der Waals surface area (Å²) in [4.78, 5) is 1.55. The van der Waals surface area contributed by atoms with Crippen molar-refractivity contribution in [1.82, 2.24) is 4.90 Å². The first-order valence-corrected chi connectivity index (χ1v) is 3.65. The van der Waals surface area contributed by atoms with Gasteiger partial charge in [-0.25, -0.2) is 0 Å². The first-order valence-electron chi connectivity index (χ1n) is 3.65. The van der Waals surface area contributed by atoms with Crippen LogP contribution < -0.4 is 0 Å². The van der Waals surface area contributed by atoms with E-state index in [2.05, 4.69) is 0 Å². The molecule has 0 aliphatic carbocycles. The summed E-state index contributed by atoms with van der Waals surface area (Å²) in [5, 5.41) is 9.06. The Morgan fingerprint density at radius 1 is 1.33 bits per heavy atom. The van der Waals surface area contributed by atoms with Crippen molar-refractivity contribution in [2.75, 3.05) is 14.1 Å². The van der Waals surface area contributed by atoms with Crippen molar-refractivity contribution in [2.24, 2.45) is 0 Å². The maximum atomic E-state index is 11.8. The van der Waals surface area contributed by atoms with Crippen molar-refractivity contribution >= 4 is 0 Å². The molecule has 0 aromatic heterocycles. The molecule has 2 unspecified atom stereocenters. The first kappa shape index (κ1) is 11.7. The van der Waals surface area contributed by atoms with E-state index in [1.807, 2.05) is 0 Å². The van der Waals surface area contributed by atoms with Gasteiger partial charge in [0, 0.05) is 6.04 Å². The van der Waals surface area contributed by atoms with E-state index in [1.54, 1.807) is 25.9 Å². The van der Waals surface area contributed by atoms with Crippen molar-refractivity contribution in [3.8, 4) is 0 Å². The highest BCUT2D eigenvalue weighted by Gasteiger charge is 2.33. The lowest BCUT2D eigenvalue weighted by molar-refractivity contribution is -0.159. The zero-order valence-corrected chi connectivity index (χ0v) is 7.39. The number of rotatable bonds is 3. The maximum absolute atomic E-state index is 11.8. The lowest BCUT2D eigenvalue weighted by Crippen LogP contribution is -2.38. The zero-order valence-electron chi connectivity index (χ0n) is 7.39. The van der Waals surface area contributed by atoms with E-state index in [1.165, 1.54) is 0 Å². The van der Waals surface area contributed by atoms with Crippen LogP contribution in [0.3, 0.4) is 0 Å². The average molecular weight is 185 g/mol. The van der Waals surface area contributed by atoms with Crippen molar-refractivity contribution in [3.63, 3.8) is 0 Å². The number of aliphatic hydroxyl groups is 1. The Bertz CT molecular complexity index is 135. The fraction of sp³-hybridized carbons (Fsp3) is 1.00. The summed E-state index contributed by atoms with van der Waals surface area (Å²) in [6, 6.07) is -0.480. The molecule has 2 nitrogen and oxygen atoms in total. The molecule has 5 heteroatoms. The molecule has 0 aromatic rings. The standard InChI is InChI=1S/C7H14F3NO/c1-5(11(2)3)6(12)4-7(8,9)10/h5-6,12H,4H2,1-3H3. The number of alkyl halides is 3. The fourth-order valence-electron chi connectivity index (χ4n) is 0.752. The lowest BCUT2D eigenvalue weighted by atomic mass is 10.1. The van der Waals surface area contributed by atoms with Gasteiger partial charge in [-0.05, 0) is 21.0 Å². The van der Waals surface area contributed by atoms with Gasteiger partial charge in [0.05, 0.1) is 12.5 Å². The number of nitrogens with zero attached hydrogens (tertiary/aromatic N) is 1. The normalized spacial score (nSPS) is 18.0. The highest BCUT2D eigenvalue weighted by atomic mass is 19.4. The second-order valence-electron chi connectivity index (χ2n) is 3.09. The van der Waals surface area contributed by atoms with Crippen LogP contribution in [-0.2, 0) is 0 Å². The first-order chi connectivity index (χ1) is 5.24. The molecule has 12 heavy (non-hydrogen) atoms. The molecule has 0 heterocycles. The Morgan fingerprint density at radius 2 is 1.75 bits per heavy atom. The fourth-order valence-corrected chi connectivity index (χ4v) is 0.752. The SMILES string of the molecule is CC(C(O)CC(F)(F)F)N(C)C. The van der Waals surface area contributed by atoms with Crippen LogP contribution in [0.25, 0.3) is 0 Å². The van der Waals surface area contributed by atoms with Crippen LogP contribution in [0.15, 0.2) is 0 Å². The van der Waals surface area contributed by atoms with Crippen LogP contribution in [0, 0.1) is 0 Å². The molecular weight excluding hydrogens is 171 g/mol. The second kappa shape index (κ2) is 4.09. The summed E-state index contributed by atoms with van der Waals surface area (Å²) in [7, 11) is 3.26. The van der Waals surface area contributed by atoms with E-state index in [0.717, 1.165) is 0 Å². The minimum absolute atomic E-state index is 0.480. The second-order valence-corrected chi connectivity index (χ2v) is 3.09. The lowest BCUT2D eigenvalue weighted by Gasteiger charge is -2.25. The van der Waals surface area contributed by atoms with Gasteiger partial charge in [0.15, 0.2) is 0 Å². The molecule has 0 amide bonds. The Morgan fingerprint density at radius 3 is 2.00 bits per heavy atom. The van der Waals surface area contributed by atoms with Gasteiger partial charge in [0.2, 0.25) is 0 Å². The molecule has 0 saturated carbocycles. The third-order valence-electron chi connectivity index (χ3n) is 1.81. The molecule has 2 atom stereocenters. The number of hydrogen-bond donors (Lipinski definition) is 1. The summed E-state index contributed by atoms with van der Waals surface area (Å²) >= 11 is 0. The van der Waals surface area contributed by atoms with E-state index < -0.39 is 24.7 Å². The summed E-state index contributed by atoms with van der Waals surface area (Å²) in [6.07, 6.45) is -6.78. The van der Waals surface area contributed by atoms with Gasteiger partial charge in [-0.2, -0.15) is 13.2 Å². The van der Waals surface area contributed by atoms with Crippen LogP contribution in [0.5, 0.6) is 0 Å². The van der Waals surface area contributed by atoms with Crippen molar-refractivity contribution < 1.29 is 18.3 Å². The van der Waals surface area contributed by atoms with Gasteiger partial charge in [-0.3, -0.25) is 0 Å². The van der Waals surface area contributed by atoms with Crippen LogP contribution in [-0.4, -0.2) is 42.4 Å². The topological polar surface area (TPSA) is 23.5 Å². The molecule has 0 saturated heterocycles. The minimum atomic E-state index is -4.29. The van der Waals surface area contributed by atoms with Gasteiger partial charge in [-0.1, -0.05) is 0 Å². The Labute approximate surface area is 70.0 Å². The van der Waals surface area contributed by atoms with Gasteiger partial charge >= 0.3 is 6.18 Å². The largest absolute Gasteiger partial charge is 0.391 e. The Balaban J connectivity index is 3.95. The van der Waals surface area contributed by atoms with Crippen LogP contribution in [0.4, 0.5) is 13.2 Å². The monoisotopic (exact) mass is 185 g/mol. The van der Waals surface area contributed by atoms with Crippen LogP contribution in [0.1, 0.15) is 13.3 Å². The van der Waals surface area contributed by atoms with Gasteiger partial charge in [0.25, 0.3) is 0 Å². The third kappa shape index (κ3) is 4.56. The van der Waals surface area contributed by atoms with E-state index in [9.17, 15) is 13.2 Å². The number of halogens is 3. The average Bonchev–Trinajstić information content (AvgIpc) is 1.82. The minimum Gasteiger partial charge on any atom is -0.391 e. The highest BCUT2D eigenvalue weighted by Crippen LogP contribution is 2.23. The summed E-state index contributed by atoms with van der Waals surface area (Å²) in [5.74, 6) is 0. The van der Waals surface area contributed by atoms with Gasteiger partial charge < -0.3 is 10.0 Å². The van der Waals surface area contributed by atoms with E-state index in [4.69, 9.17) is 5.11 Å². The van der Waals surface area contributed by atoms with E-state index >= 15 is 0 Å². The number of aliphatic hydroxyl groups excluding tert-OH is 1. The molecule has 0 aliphatic heterocycles. The van der Waals surface area contributed by atoms with Crippen molar-refractivity contribution in [1.29, 1.82) is 0 Å². The molecule has 1 N–H and O–H groups in total. The predicted octanol–water partition coefficient (Wildman–Crippen LogP) is 1.25. The smallest absolute Gasteiger partial charge is 0.391 e. The molecule has 74 valence electrons. The predicted molar refractivity (Wildman–Crippen MR) is 39.8 cm³/mol. The third-order valence-corrected chi connectivity index (χ3v) is 1.81. The molecule has 0 spiro atoms. The summed E-state index contributed by atoms with van der Waals surface area (Å²) in [6.45, 7) is 1.55. The Kier molecular flexibility index (Phi) is 3.99. The van der Waals surface area contributed by atoms with Gasteiger partial charge in [0.1, 0.15) is 0 Å². The number of likely N-dealkylation sites (N-methyl/N-ethyl adjacent to an activating group) is 1. The zero-order chi connectivity index (χ0) is 9.94. The van der Waals surface area contributed by atoms with Crippen LogP contribution >= 0.6 is 0 Å². The molecule has 0 radical (unpaired) electrons. The molecule has 0 fully saturated rings. The van der Waals surface area contributed by atoms with E-state index in [-0.39, 0.29) is 0 Å². The molecule has 0 aromatic carbocycles. The quantitative estimate of drug-likeness (QED) is 0.715. The Hall–Kier alpha value is -0.290. The van der Waals surface area contributed by atoms with Crippen molar-refractivity contribution in [3.05, 3.63) is 0 Å². The molecule has 0 rings (SSSR count). The van der Waals surface area contributed by atoms with E-state index in [0.29, 0.717) is 0 Å². The molecule has 0 aliphatic rings. The molecule has 0 bridgehead atoms. The van der Waals surface area contributed by atoms with Crippen molar-refractivity contribution in [2.45, 2.75) is 31.7 Å². The maximum Gasteiger partial charge on any atom is 0.391 e. The van der Waals surface area contributed by atoms with Crippen LogP contribution in [0.2, 0.25) is 0 Å². The van der Waals surface area contributed by atoms with Gasteiger partial charge in [-0.15, -0.1) is 0 Å². The molecular formula is C7H14F3NO. The highest BCUT2D eigenvalue weighted by molar-refractivity contribution is 4.73. The summed E-state index contributed by atoms with van der Waals surface area (Å²) in [5.41, 5.74) is 0.